The van der Waals surface area contributed by atoms with Gasteiger partial charge in [0.1, 0.15) is 0 Å². The van der Waals surface area contributed by atoms with Crippen LogP contribution in [0.1, 0.15) is 43.6 Å². The van der Waals surface area contributed by atoms with Gasteiger partial charge in [0.05, 0.1) is 4.90 Å². The summed E-state index contributed by atoms with van der Waals surface area (Å²) in [5, 5.41) is 8.07. The van der Waals surface area contributed by atoms with Crippen molar-refractivity contribution in [2.45, 2.75) is 45.6 Å². The van der Waals surface area contributed by atoms with E-state index in [2.05, 4.69) is 21.2 Å². The first-order valence-corrected chi connectivity index (χ1v) is 8.81. The molecule has 0 aliphatic carbocycles. The minimum absolute atomic E-state index is 0.0505. The molecule has 3 N–H and O–H groups in total. The van der Waals surface area contributed by atoms with Crippen LogP contribution in [0.15, 0.2) is 21.5 Å². The number of hydrogen-bond donors (Lipinski definition) is 2. The number of carbonyl (C=O) groups is 1. The van der Waals surface area contributed by atoms with Crippen LogP contribution in [-0.2, 0) is 10.0 Å². The Morgan fingerprint density at radius 3 is 2.29 bits per heavy atom. The van der Waals surface area contributed by atoms with Gasteiger partial charge in [0, 0.05) is 16.1 Å². The molecule has 1 aromatic carbocycles. The number of amides is 1. The highest BCUT2D eigenvalue weighted by molar-refractivity contribution is 9.10. The summed E-state index contributed by atoms with van der Waals surface area (Å²) < 4.78 is 23.7. The summed E-state index contributed by atoms with van der Waals surface area (Å²) in [5.41, 5.74) is 0.544. The molecule has 0 unspecified atom stereocenters. The Hall–Kier alpha value is -0.920. The zero-order valence-corrected chi connectivity index (χ0v) is 15.2. The van der Waals surface area contributed by atoms with Gasteiger partial charge >= 0.3 is 0 Å². The largest absolute Gasteiger partial charge is 0.349 e. The quantitative estimate of drug-likeness (QED) is 0.849. The predicted molar refractivity (Wildman–Crippen MR) is 86.6 cm³/mol. The second-order valence-corrected chi connectivity index (χ2v) is 8.63. The third-order valence-corrected chi connectivity index (χ3v) is 5.02. The fourth-order valence-corrected chi connectivity index (χ4v) is 3.11. The molecule has 0 fully saturated rings. The molecule has 1 atom stereocenters. The zero-order valence-electron chi connectivity index (χ0n) is 12.8. The van der Waals surface area contributed by atoms with E-state index in [1.807, 2.05) is 27.7 Å². The zero-order chi connectivity index (χ0) is 16.6. The molecule has 0 aliphatic rings. The predicted octanol–water partition coefficient (Wildman–Crippen LogP) is 2.57. The molecule has 0 radical (unpaired) electrons. The summed E-state index contributed by atoms with van der Waals surface area (Å²) in [6, 6.07) is 2.92. The Morgan fingerprint density at radius 1 is 1.33 bits per heavy atom. The van der Waals surface area contributed by atoms with Crippen LogP contribution in [0.3, 0.4) is 0 Å². The van der Waals surface area contributed by atoms with Crippen LogP contribution in [0, 0.1) is 12.3 Å². The maximum absolute atomic E-state index is 12.4. The SMILES string of the molecule is Cc1c(C(=O)N[C@H](C)C(C)(C)C)cc(Br)cc1S(N)(=O)=O. The van der Waals surface area contributed by atoms with Gasteiger partial charge in [-0.25, -0.2) is 13.6 Å². The fourth-order valence-electron chi connectivity index (χ4n) is 1.68. The molecule has 1 amide bonds. The minimum atomic E-state index is -3.88. The van der Waals surface area contributed by atoms with E-state index in [1.165, 1.54) is 6.07 Å². The number of rotatable bonds is 3. The van der Waals surface area contributed by atoms with Crippen molar-refractivity contribution in [1.29, 1.82) is 0 Å². The minimum Gasteiger partial charge on any atom is -0.349 e. The second kappa shape index (κ2) is 6.06. The summed E-state index contributed by atoms with van der Waals surface area (Å²) in [6.07, 6.45) is 0. The van der Waals surface area contributed by atoms with Crippen molar-refractivity contribution < 1.29 is 13.2 Å². The molecule has 118 valence electrons. The molecule has 0 saturated carbocycles. The first-order valence-electron chi connectivity index (χ1n) is 6.48. The van der Waals surface area contributed by atoms with Crippen molar-refractivity contribution in [3.63, 3.8) is 0 Å². The standard InChI is InChI=1S/C14H21BrN2O3S/c1-8-11(13(18)17-9(2)14(3,4)5)6-10(15)7-12(8)21(16,19)20/h6-7,9H,1-5H3,(H,17,18)(H2,16,19,20)/t9-/m1/s1. The highest BCUT2D eigenvalue weighted by Crippen LogP contribution is 2.25. The summed E-state index contributed by atoms with van der Waals surface area (Å²) in [7, 11) is -3.88. The molecule has 1 aromatic rings. The number of halogens is 1. The smallest absolute Gasteiger partial charge is 0.251 e. The van der Waals surface area contributed by atoms with Gasteiger partial charge < -0.3 is 5.32 Å². The summed E-state index contributed by atoms with van der Waals surface area (Å²) in [4.78, 5) is 12.3. The van der Waals surface area contributed by atoms with Crippen LogP contribution in [0.25, 0.3) is 0 Å². The van der Waals surface area contributed by atoms with Gasteiger partial charge in [-0.2, -0.15) is 0 Å². The number of primary sulfonamides is 1. The molecule has 1 rings (SSSR count). The Morgan fingerprint density at radius 2 is 1.86 bits per heavy atom. The molecule has 0 heterocycles. The van der Waals surface area contributed by atoms with Crippen molar-refractivity contribution >= 4 is 31.9 Å². The molecule has 0 bridgehead atoms. The van der Waals surface area contributed by atoms with Gasteiger partial charge in [0.15, 0.2) is 0 Å². The Bertz CT molecular complexity index is 664. The van der Waals surface area contributed by atoms with Crippen molar-refractivity contribution in [2.24, 2.45) is 10.6 Å². The number of carbonyl (C=O) groups excluding carboxylic acids is 1. The summed E-state index contributed by atoms with van der Waals surface area (Å²) in [6.45, 7) is 9.53. The number of nitrogens with two attached hydrogens (primary N) is 1. The van der Waals surface area contributed by atoms with Crippen molar-refractivity contribution in [3.8, 4) is 0 Å². The molecular weight excluding hydrogens is 356 g/mol. The third kappa shape index (κ3) is 4.52. The molecule has 7 heteroatoms. The van der Waals surface area contributed by atoms with Gasteiger partial charge in [-0.05, 0) is 37.0 Å². The molecule has 0 saturated heterocycles. The van der Waals surface area contributed by atoms with Crippen LogP contribution in [0.5, 0.6) is 0 Å². The lowest BCUT2D eigenvalue weighted by molar-refractivity contribution is 0.0909. The monoisotopic (exact) mass is 376 g/mol. The lowest BCUT2D eigenvalue weighted by atomic mass is 9.88. The van der Waals surface area contributed by atoms with Crippen molar-refractivity contribution in [1.82, 2.24) is 5.32 Å². The van der Waals surface area contributed by atoms with Gasteiger partial charge in [0.25, 0.3) is 5.91 Å². The Kier molecular flexibility index (Phi) is 5.23. The second-order valence-electron chi connectivity index (χ2n) is 6.18. The van der Waals surface area contributed by atoms with Gasteiger partial charge in [0.2, 0.25) is 10.0 Å². The third-order valence-electron chi connectivity index (χ3n) is 3.52. The van der Waals surface area contributed by atoms with Crippen molar-refractivity contribution in [2.75, 3.05) is 0 Å². The van der Waals surface area contributed by atoms with Crippen LogP contribution in [-0.4, -0.2) is 20.4 Å². The molecule has 0 aromatic heterocycles. The average Bonchev–Trinajstić information content (AvgIpc) is 2.28. The topological polar surface area (TPSA) is 89.3 Å². The molecule has 5 nitrogen and oxygen atoms in total. The molecule has 0 aliphatic heterocycles. The van der Waals surface area contributed by atoms with E-state index in [-0.39, 0.29) is 22.3 Å². The lowest BCUT2D eigenvalue weighted by Gasteiger charge is -2.28. The van der Waals surface area contributed by atoms with E-state index >= 15 is 0 Å². The lowest BCUT2D eigenvalue weighted by Crippen LogP contribution is -2.41. The Labute approximate surface area is 134 Å². The number of benzene rings is 1. The number of sulfonamides is 1. The van der Waals surface area contributed by atoms with E-state index in [0.29, 0.717) is 15.6 Å². The van der Waals surface area contributed by atoms with Crippen LogP contribution in [0.4, 0.5) is 0 Å². The van der Waals surface area contributed by atoms with E-state index in [4.69, 9.17) is 5.14 Å². The average molecular weight is 377 g/mol. The first-order chi connectivity index (χ1) is 9.34. The maximum Gasteiger partial charge on any atom is 0.251 e. The van der Waals surface area contributed by atoms with E-state index in [0.717, 1.165) is 0 Å². The Balaban J connectivity index is 3.26. The van der Waals surface area contributed by atoms with Gasteiger partial charge in [-0.15, -0.1) is 0 Å². The highest BCUT2D eigenvalue weighted by Gasteiger charge is 2.24. The highest BCUT2D eigenvalue weighted by atomic mass is 79.9. The maximum atomic E-state index is 12.4. The summed E-state index contributed by atoms with van der Waals surface area (Å²) >= 11 is 3.21. The number of nitrogens with one attached hydrogen (secondary N) is 1. The van der Waals surface area contributed by atoms with E-state index < -0.39 is 10.0 Å². The van der Waals surface area contributed by atoms with Gasteiger partial charge in [-0.1, -0.05) is 36.7 Å². The normalized spacial score (nSPS) is 13.9. The molecular formula is C14H21BrN2O3S. The van der Waals surface area contributed by atoms with Crippen molar-refractivity contribution in [3.05, 3.63) is 27.7 Å². The van der Waals surface area contributed by atoms with Gasteiger partial charge in [-0.3, -0.25) is 4.79 Å². The van der Waals surface area contributed by atoms with E-state index in [9.17, 15) is 13.2 Å². The van der Waals surface area contributed by atoms with Crippen LogP contribution >= 0.6 is 15.9 Å². The van der Waals surface area contributed by atoms with E-state index in [1.54, 1.807) is 13.0 Å². The summed E-state index contributed by atoms with van der Waals surface area (Å²) in [5.74, 6) is -0.318. The molecule has 0 spiro atoms. The number of hydrogen-bond acceptors (Lipinski definition) is 3. The fraction of sp³-hybridized carbons (Fsp3) is 0.500. The van der Waals surface area contributed by atoms with Crippen LogP contribution < -0.4 is 10.5 Å². The van der Waals surface area contributed by atoms with Crippen LogP contribution in [0.2, 0.25) is 0 Å². The first kappa shape index (κ1) is 18.1. The molecule has 21 heavy (non-hydrogen) atoms.